The highest BCUT2D eigenvalue weighted by atomic mass is 19.4. The fourth-order valence-corrected chi connectivity index (χ4v) is 9.14. The fourth-order valence-electron chi connectivity index (χ4n) is 9.14. The molecule has 21 heteroatoms. The van der Waals surface area contributed by atoms with Crippen molar-refractivity contribution in [2.45, 2.75) is 52.0 Å². The first-order valence-electron chi connectivity index (χ1n) is 25.6. The Hall–Kier alpha value is -8.47. The van der Waals surface area contributed by atoms with Crippen LogP contribution in [0.1, 0.15) is 90.2 Å². The number of rotatable bonds is 9. The van der Waals surface area contributed by atoms with Gasteiger partial charge in [-0.1, -0.05) is 24.0 Å². The Bertz CT molecular complexity index is 3660. The predicted octanol–water partition coefficient (Wildman–Crippen LogP) is 6.75. The summed E-state index contributed by atoms with van der Waals surface area (Å²) in [7, 11) is 5.78. The number of anilines is 2. The third-order valence-electron chi connectivity index (χ3n) is 13.9. The smallest absolute Gasteiger partial charge is 0.322 e. The molecule has 78 heavy (non-hydrogen) atoms. The van der Waals surface area contributed by atoms with Crippen molar-refractivity contribution in [3.63, 3.8) is 0 Å². The average molecular weight is 1060 g/mol. The minimum atomic E-state index is -4.66. The van der Waals surface area contributed by atoms with Crippen molar-refractivity contribution in [1.29, 1.82) is 0 Å². The van der Waals surface area contributed by atoms with Crippen molar-refractivity contribution in [2.24, 2.45) is 7.05 Å². The maximum absolute atomic E-state index is 13.0. The molecular weight excluding hydrogens is 998 g/mol. The van der Waals surface area contributed by atoms with Crippen molar-refractivity contribution in [3.8, 4) is 23.7 Å². The van der Waals surface area contributed by atoms with Gasteiger partial charge in [0, 0.05) is 132 Å². The molecule has 1 saturated carbocycles. The normalized spacial score (nSPS) is 15.4. The SMILES string of the molecule is Cc1cc(NC(=O)c2cncc(C#Cc3nn(C)c4nc(C(F)(F)F)ncc34)c2)ccc1CN1CCN(C)CC1.Cc1cc(NC(=O)c2cncc(C#Cc3nn(C4CC4)c4ncncc34)c2)ccc1CN1CCN(C)CC1. The number of aromatic nitrogens is 10. The number of likely N-dealkylation sites (N-methyl/N-ethyl adjacent to an activating group) is 2. The van der Waals surface area contributed by atoms with E-state index in [9.17, 15) is 22.8 Å². The van der Waals surface area contributed by atoms with E-state index in [0.29, 0.717) is 39.7 Å². The monoisotopic (exact) mass is 1050 g/mol. The number of hydrogen-bond donors (Lipinski definition) is 2. The summed E-state index contributed by atoms with van der Waals surface area (Å²) in [6, 6.07) is 15.7. The van der Waals surface area contributed by atoms with E-state index in [4.69, 9.17) is 0 Å². The number of piperazine rings is 2. The lowest BCUT2D eigenvalue weighted by Gasteiger charge is -2.32. The largest absolute Gasteiger partial charge is 0.451 e. The van der Waals surface area contributed by atoms with Gasteiger partial charge in [0.25, 0.3) is 11.8 Å². The molecule has 0 atom stereocenters. The minimum Gasteiger partial charge on any atom is -0.322 e. The summed E-state index contributed by atoms with van der Waals surface area (Å²) in [5, 5.41) is 15.9. The van der Waals surface area contributed by atoms with Gasteiger partial charge in [-0.3, -0.25) is 29.4 Å². The second-order valence-electron chi connectivity index (χ2n) is 20.0. The number of amides is 2. The molecule has 0 bridgehead atoms. The number of carbonyl (C=O) groups excluding carboxylic acids is 2. The van der Waals surface area contributed by atoms with Gasteiger partial charge in [-0.15, -0.1) is 0 Å². The Labute approximate surface area is 449 Å². The molecule has 2 saturated heterocycles. The summed E-state index contributed by atoms with van der Waals surface area (Å²) in [6.07, 6.45) is 8.03. The Kier molecular flexibility index (Phi) is 15.6. The van der Waals surface area contributed by atoms with Crippen molar-refractivity contribution in [1.82, 2.24) is 69.1 Å². The average Bonchev–Trinajstić information content (AvgIpc) is 4.31. The first-order chi connectivity index (χ1) is 37.6. The van der Waals surface area contributed by atoms with Crippen LogP contribution in [0.3, 0.4) is 0 Å². The number of hydrogen-bond acceptors (Lipinski definition) is 14. The van der Waals surface area contributed by atoms with E-state index < -0.39 is 12.0 Å². The van der Waals surface area contributed by atoms with E-state index in [1.165, 1.54) is 47.1 Å². The van der Waals surface area contributed by atoms with Crippen molar-refractivity contribution < 1.29 is 22.8 Å². The molecule has 2 aromatic carbocycles. The molecule has 0 spiro atoms. The number of pyridine rings is 2. The van der Waals surface area contributed by atoms with Gasteiger partial charge in [-0.25, -0.2) is 29.3 Å². The van der Waals surface area contributed by atoms with Gasteiger partial charge in [-0.2, -0.15) is 23.4 Å². The van der Waals surface area contributed by atoms with Crippen LogP contribution in [0.2, 0.25) is 0 Å². The van der Waals surface area contributed by atoms with E-state index >= 15 is 0 Å². The summed E-state index contributed by atoms with van der Waals surface area (Å²) in [6.45, 7) is 14.5. The van der Waals surface area contributed by atoms with Crippen LogP contribution < -0.4 is 10.6 Å². The second kappa shape index (κ2) is 23.0. The Morgan fingerprint density at radius 1 is 0.603 bits per heavy atom. The van der Waals surface area contributed by atoms with Crippen molar-refractivity contribution in [2.75, 3.05) is 77.1 Å². The van der Waals surface area contributed by atoms with Crippen molar-refractivity contribution in [3.05, 3.63) is 154 Å². The molecule has 6 aromatic heterocycles. The molecule has 3 fully saturated rings. The highest BCUT2D eigenvalue weighted by Gasteiger charge is 2.35. The number of alkyl halides is 3. The van der Waals surface area contributed by atoms with Gasteiger partial charge in [0.2, 0.25) is 5.82 Å². The highest BCUT2D eigenvalue weighted by Crippen LogP contribution is 2.37. The minimum absolute atomic E-state index is 0.0164. The van der Waals surface area contributed by atoms with E-state index in [0.717, 1.165) is 107 Å². The van der Waals surface area contributed by atoms with Gasteiger partial charge < -0.3 is 20.4 Å². The lowest BCUT2D eigenvalue weighted by atomic mass is 10.1. The number of aryl methyl sites for hydroxylation is 3. The van der Waals surface area contributed by atoms with E-state index in [-0.39, 0.29) is 28.5 Å². The summed E-state index contributed by atoms with van der Waals surface area (Å²) in [5.74, 6) is 10.1. The van der Waals surface area contributed by atoms with E-state index in [1.54, 1.807) is 30.7 Å². The third kappa shape index (κ3) is 12.8. The molecule has 2 N–H and O–H groups in total. The van der Waals surface area contributed by atoms with E-state index in [2.05, 4.69) is 121 Å². The van der Waals surface area contributed by atoms with Crippen LogP contribution >= 0.6 is 0 Å². The second-order valence-corrected chi connectivity index (χ2v) is 20.0. The molecule has 2 amide bonds. The summed E-state index contributed by atoms with van der Waals surface area (Å²) in [5.41, 5.74) is 9.75. The Morgan fingerprint density at radius 2 is 1.12 bits per heavy atom. The van der Waals surface area contributed by atoms with E-state index in [1.807, 2.05) is 41.9 Å². The van der Waals surface area contributed by atoms with Gasteiger partial charge in [-0.05, 0) is 111 Å². The van der Waals surface area contributed by atoms with Crippen LogP contribution in [-0.4, -0.2) is 147 Å². The zero-order valence-electron chi connectivity index (χ0n) is 43.9. The molecule has 11 rings (SSSR count). The first kappa shape index (κ1) is 52.9. The number of nitrogens with zero attached hydrogens (tertiary/aromatic N) is 14. The molecule has 3 aliphatic rings. The zero-order chi connectivity index (χ0) is 54.5. The zero-order valence-corrected chi connectivity index (χ0v) is 43.9. The van der Waals surface area contributed by atoms with Gasteiger partial charge in [0.05, 0.1) is 27.9 Å². The Balaban J connectivity index is 0.000000177. The van der Waals surface area contributed by atoms with Crippen LogP contribution in [0, 0.1) is 37.5 Å². The third-order valence-corrected chi connectivity index (χ3v) is 13.9. The molecule has 18 nitrogen and oxygen atoms in total. The van der Waals surface area contributed by atoms with Crippen LogP contribution in [0.5, 0.6) is 0 Å². The quantitative estimate of drug-likeness (QED) is 0.145. The maximum Gasteiger partial charge on any atom is 0.451 e. The highest BCUT2D eigenvalue weighted by molar-refractivity contribution is 6.05. The number of carbonyl (C=O) groups is 2. The molecule has 398 valence electrons. The number of benzene rings is 2. The number of nitrogens with one attached hydrogen (secondary N) is 2. The van der Waals surface area contributed by atoms with Crippen LogP contribution in [0.25, 0.3) is 22.1 Å². The lowest BCUT2D eigenvalue weighted by molar-refractivity contribution is -0.144. The van der Waals surface area contributed by atoms with Gasteiger partial charge >= 0.3 is 6.18 Å². The standard InChI is InChI=1S/C29H30N8O.C28H27F3N8O/c1-20-13-24(5-4-22(20)18-36-11-9-35(2)10-12-36)33-29(38)23-14-21(15-30-16-23)3-8-27-26-17-31-19-32-28(26)37(34-27)25-6-7-25;1-18-12-22(6-5-20(18)17-39-10-8-37(2)9-11-39)34-26(40)21-13-19(14-32-15-21)4-7-24-23-16-33-27(28(29,30)31)35-25(23)38(3)36-24/h4-5,13-17,19,25H,6-7,9-12,18H2,1-2H3,(H,33,38);5-6,12-16H,8-11,17H2,1-3H3,(H,34,40). The van der Waals surface area contributed by atoms with Crippen LogP contribution in [0.4, 0.5) is 24.5 Å². The van der Waals surface area contributed by atoms with Crippen LogP contribution in [0.15, 0.2) is 92.0 Å². The topological polar surface area (TPSA) is 184 Å². The van der Waals surface area contributed by atoms with Gasteiger partial charge in [0.15, 0.2) is 11.3 Å². The predicted molar refractivity (Wildman–Crippen MR) is 289 cm³/mol. The first-order valence-corrected chi connectivity index (χ1v) is 25.6. The van der Waals surface area contributed by atoms with Crippen molar-refractivity contribution >= 4 is 45.3 Å². The molecule has 2 aliphatic heterocycles. The maximum atomic E-state index is 13.0. The fraction of sp³-hybridized carbons (Fsp3) is 0.333. The van der Waals surface area contributed by atoms with Crippen LogP contribution in [-0.2, 0) is 26.3 Å². The number of halogens is 3. The summed E-state index contributed by atoms with van der Waals surface area (Å²) < 4.78 is 42.1. The lowest BCUT2D eigenvalue weighted by Crippen LogP contribution is -2.43. The Morgan fingerprint density at radius 3 is 1.62 bits per heavy atom. The molecular formula is C57H57F3N16O2. The molecule has 1 aliphatic carbocycles. The molecule has 8 heterocycles. The molecule has 8 aromatic rings. The summed E-state index contributed by atoms with van der Waals surface area (Å²) >= 11 is 0. The van der Waals surface area contributed by atoms with Gasteiger partial charge in [0.1, 0.15) is 17.7 Å². The summed E-state index contributed by atoms with van der Waals surface area (Å²) in [4.78, 5) is 59.4. The molecule has 0 unspecified atom stereocenters. The molecule has 0 radical (unpaired) electrons. The number of fused-ring (bicyclic) bond motifs is 2.